The van der Waals surface area contributed by atoms with Crippen molar-refractivity contribution < 1.29 is 13.9 Å². The summed E-state index contributed by atoms with van der Waals surface area (Å²) < 4.78 is 25.8. The zero-order valence-corrected chi connectivity index (χ0v) is 10.7. The lowest BCUT2D eigenvalue weighted by Gasteiger charge is -2.10. The predicted octanol–water partition coefficient (Wildman–Crippen LogP) is 2.80. The number of halogens is 2. The lowest BCUT2D eigenvalue weighted by atomic mass is 10.1. The standard InChI is InChI=1S/C14H16F2N2O/c1-10(18-8-14(15,16)9-19)6-11-7-17-13-5-3-2-4-12(11)13/h2-5,7,17,19H,6,8-9H2,1H3/b18-10+. The number of rotatable bonds is 5. The van der Waals surface area contributed by atoms with Crippen LogP contribution in [0.1, 0.15) is 12.5 Å². The van der Waals surface area contributed by atoms with Gasteiger partial charge >= 0.3 is 0 Å². The Morgan fingerprint density at radius 3 is 2.84 bits per heavy atom. The molecular formula is C14H16F2N2O. The maximum atomic E-state index is 12.9. The van der Waals surface area contributed by atoms with E-state index in [0.29, 0.717) is 12.1 Å². The van der Waals surface area contributed by atoms with Crippen molar-refractivity contribution in [3.05, 3.63) is 36.0 Å². The summed E-state index contributed by atoms with van der Waals surface area (Å²) in [6.45, 7) is -0.121. The van der Waals surface area contributed by atoms with Crippen LogP contribution in [-0.2, 0) is 6.42 Å². The van der Waals surface area contributed by atoms with Crippen LogP contribution in [0.5, 0.6) is 0 Å². The number of nitrogens with one attached hydrogen (secondary N) is 1. The number of aliphatic hydroxyl groups excluding tert-OH is 1. The molecule has 0 radical (unpaired) electrons. The number of hydrogen-bond acceptors (Lipinski definition) is 2. The molecule has 1 heterocycles. The van der Waals surface area contributed by atoms with E-state index in [1.54, 1.807) is 6.92 Å². The van der Waals surface area contributed by atoms with Gasteiger partial charge in [-0.15, -0.1) is 0 Å². The summed E-state index contributed by atoms with van der Waals surface area (Å²) in [6, 6.07) is 7.82. The van der Waals surface area contributed by atoms with Crippen LogP contribution in [0.4, 0.5) is 8.78 Å². The maximum Gasteiger partial charge on any atom is 0.289 e. The number of aromatic nitrogens is 1. The van der Waals surface area contributed by atoms with Crippen LogP contribution in [0.25, 0.3) is 10.9 Å². The van der Waals surface area contributed by atoms with Gasteiger partial charge in [-0.3, -0.25) is 4.99 Å². The summed E-state index contributed by atoms with van der Waals surface area (Å²) in [7, 11) is 0. The smallest absolute Gasteiger partial charge is 0.289 e. The van der Waals surface area contributed by atoms with Crippen molar-refractivity contribution in [3.8, 4) is 0 Å². The van der Waals surface area contributed by atoms with Gasteiger partial charge in [-0.2, -0.15) is 0 Å². The molecule has 102 valence electrons. The molecule has 0 saturated heterocycles. The van der Waals surface area contributed by atoms with Crippen LogP contribution in [0.2, 0.25) is 0 Å². The molecule has 0 aliphatic heterocycles. The Labute approximate surface area is 110 Å². The van der Waals surface area contributed by atoms with E-state index in [0.717, 1.165) is 16.5 Å². The van der Waals surface area contributed by atoms with Crippen molar-refractivity contribution in [3.63, 3.8) is 0 Å². The third-order valence-corrected chi connectivity index (χ3v) is 2.93. The highest BCUT2D eigenvalue weighted by Gasteiger charge is 2.26. The Balaban J connectivity index is 2.10. The minimum atomic E-state index is -3.14. The Morgan fingerprint density at radius 1 is 1.37 bits per heavy atom. The monoisotopic (exact) mass is 266 g/mol. The third kappa shape index (κ3) is 3.38. The molecule has 0 amide bonds. The molecule has 0 spiro atoms. The molecule has 0 unspecified atom stereocenters. The molecule has 2 rings (SSSR count). The number of nitrogens with zero attached hydrogens (tertiary/aromatic N) is 1. The van der Waals surface area contributed by atoms with Crippen molar-refractivity contribution in [1.29, 1.82) is 0 Å². The molecule has 0 fully saturated rings. The second kappa shape index (κ2) is 5.48. The SMILES string of the molecule is C/C(Cc1c[nH]c2ccccc12)=N\CC(F)(F)CO. The van der Waals surface area contributed by atoms with Crippen molar-refractivity contribution >= 4 is 16.6 Å². The van der Waals surface area contributed by atoms with E-state index in [4.69, 9.17) is 5.11 Å². The number of alkyl halides is 2. The Morgan fingerprint density at radius 2 is 2.11 bits per heavy atom. The molecule has 3 nitrogen and oxygen atoms in total. The number of aromatic amines is 1. The summed E-state index contributed by atoms with van der Waals surface area (Å²) in [5.74, 6) is -3.14. The molecule has 2 N–H and O–H groups in total. The van der Waals surface area contributed by atoms with E-state index in [-0.39, 0.29) is 0 Å². The summed E-state index contributed by atoms with van der Waals surface area (Å²) in [5.41, 5.74) is 2.67. The lowest BCUT2D eigenvalue weighted by Crippen LogP contribution is -2.25. The number of fused-ring (bicyclic) bond motifs is 1. The zero-order valence-electron chi connectivity index (χ0n) is 10.7. The average Bonchev–Trinajstić information content (AvgIpc) is 2.80. The van der Waals surface area contributed by atoms with Crippen molar-refractivity contribution in [2.75, 3.05) is 13.2 Å². The van der Waals surface area contributed by atoms with Crippen LogP contribution < -0.4 is 0 Å². The Bertz CT molecular complexity index is 590. The average molecular weight is 266 g/mol. The molecule has 2 aromatic rings. The molecule has 5 heteroatoms. The van der Waals surface area contributed by atoms with E-state index < -0.39 is 19.1 Å². The predicted molar refractivity (Wildman–Crippen MR) is 72.0 cm³/mol. The van der Waals surface area contributed by atoms with E-state index in [2.05, 4.69) is 9.98 Å². The molecule has 0 bridgehead atoms. The van der Waals surface area contributed by atoms with Crippen LogP contribution in [0, 0.1) is 0 Å². The molecule has 0 aliphatic carbocycles. The lowest BCUT2D eigenvalue weighted by molar-refractivity contribution is -0.0404. The minimum Gasteiger partial charge on any atom is -0.390 e. The maximum absolute atomic E-state index is 12.9. The normalized spacial score (nSPS) is 13.2. The first-order valence-corrected chi connectivity index (χ1v) is 6.05. The Kier molecular flexibility index (Phi) is 3.95. The number of aliphatic hydroxyl groups is 1. The molecular weight excluding hydrogens is 250 g/mol. The second-order valence-electron chi connectivity index (χ2n) is 4.60. The second-order valence-corrected chi connectivity index (χ2v) is 4.60. The quantitative estimate of drug-likeness (QED) is 0.803. The van der Waals surface area contributed by atoms with Crippen molar-refractivity contribution in [1.82, 2.24) is 4.98 Å². The van der Waals surface area contributed by atoms with Gasteiger partial charge in [0, 0.05) is 29.2 Å². The van der Waals surface area contributed by atoms with Gasteiger partial charge in [-0.1, -0.05) is 18.2 Å². The van der Waals surface area contributed by atoms with E-state index in [1.165, 1.54) is 0 Å². The fourth-order valence-corrected chi connectivity index (χ4v) is 1.91. The fraction of sp³-hybridized carbons (Fsp3) is 0.357. The van der Waals surface area contributed by atoms with Crippen LogP contribution in [-0.4, -0.2) is 34.9 Å². The largest absolute Gasteiger partial charge is 0.390 e. The van der Waals surface area contributed by atoms with Crippen molar-refractivity contribution in [2.45, 2.75) is 19.3 Å². The van der Waals surface area contributed by atoms with Gasteiger partial charge in [-0.05, 0) is 18.6 Å². The molecule has 19 heavy (non-hydrogen) atoms. The van der Waals surface area contributed by atoms with E-state index in [9.17, 15) is 8.78 Å². The molecule has 0 saturated carbocycles. The highest BCUT2D eigenvalue weighted by Crippen LogP contribution is 2.19. The topological polar surface area (TPSA) is 48.4 Å². The molecule has 1 aromatic carbocycles. The van der Waals surface area contributed by atoms with Crippen molar-refractivity contribution in [2.24, 2.45) is 4.99 Å². The number of para-hydroxylation sites is 1. The van der Waals surface area contributed by atoms with Crippen LogP contribution in [0.15, 0.2) is 35.5 Å². The first kappa shape index (κ1) is 13.7. The number of aliphatic imine (C=N–C) groups is 1. The number of benzene rings is 1. The summed E-state index contributed by atoms with van der Waals surface area (Å²) in [6.07, 6.45) is 2.39. The number of hydrogen-bond donors (Lipinski definition) is 2. The summed E-state index contributed by atoms with van der Waals surface area (Å²) in [5, 5.41) is 9.56. The Hall–Kier alpha value is -1.75. The van der Waals surface area contributed by atoms with Crippen LogP contribution in [0.3, 0.4) is 0 Å². The minimum absolute atomic E-state index is 0.519. The van der Waals surface area contributed by atoms with Gasteiger partial charge in [0.2, 0.25) is 0 Å². The van der Waals surface area contributed by atoms with E-state index in [1.807, 2.05) is 30.5 Å². The van der Waals surface area contributed by atoms with Gasteiger partial charge in [0.1, 0.15) is 13.2 Å². The van der Waals surface area contributed by atoms with E-state index >= 15 is 0 Å². The van der Waals surface area contributed by atoms with Gasteiger partial charge in [0.25, 0.3) is 5.92 Å². The summed E-state index contributed by atoms with van der Waals surface area (Å²) >= 11 is 0. The van der Waals surface area contributed by atoms with Gasteiger partial charge in [0.15, 0.2) is 0 Å². The highest BCUT2D eigenvalue weighted by atomic mass is 19.3. The van der Waals surface area contributed by atoms with Crippen LogP contribution >= 0.6 is 0 Å². The number of H-pyrrole nitrogens is 1. The summed E-state index contributed by atoms with van der Waals surface area (Å²) in [4.78, 5) is 6.98. The molecule has 0 aliphatic rings. The zero-order chi connectivity index (χ0) is 13.9. The third-order valence-electron chi connectivity index (χ3n) is 2.93. The van der Waals surface area contributed by atoms with Gasteiger partial charge in [-0.25, -0.2) is 8.78 Å². The highest BCUT2D eigenvalue weighted by molar-refractivity contribution is 5.91. The molecule has 1 aromatic heterocycles. The first-order chi connectivity index (χ1) is 9.02. The fourth-order valence-electron chi connectivity index (χ4n) is 1.91. The van der Waals surface area contributed by atoms with Gasteiger partial charge in [0.05, 0.1) is 0 Å². The van der Waals surface area contributed by atoms with Gasteiger partial charge < -0.3 is 10.1 Å². The first-order valence-electron chi connectivity index (χ1n) is 6.05. The molecule has 0 atom stereocenters.